The summed E-state index contributed by atoms with van der Waals surface area (Å²) in [6.07, 6.45) is 1.15. The number of likely N-dealkylation sites (N-methyl/N-ethyl adjacent to an activating group) is 1. The Balaban J connectivity index is 2.56. The Morgan fingerprint density at radius 3 is 2.21 bits per heavy atom. The predicted molar refractivity (Wildman–Crippen MR) is 73.2 cm³/mol. The summed E-state index contributed by atoms with van der Waals surface area (Å²) in [4.78, 5) is 27.4. The van der Waals surface area contributed by atoms with Gasteiger partial charge in [-0.25, -0.2) is 9.59 Å². The first-order valence-electron chi connectivity index (χ1n) is 6.95. The number of amides is 2. The molecule has 0 spiro atoms. The molecule has 0 radical (unpaired) electrons. The van der Waals surface area contributed by atoms with E-state index in [1.54, 1.807) is 11.8 Å². The van der Waals surface area contributed by atoms with Gasteiger partial charge in [-0.05, 0) is 19.9 Å². The molecule has 6 nitrogen and oxygen atoms in total. The number of hydrogen-bond donors (Lipinski definition) is 2. The Hall–Kier alpha value is -1.30. The third kappa shape index (κ3) is 4.09. The smallest absolute Gasteiger partial charge is 0.329 e. The van der Waals surface area contributed by atoms with Gasteiger partial charge in [-0.1, -0.05) is 20.3 Å². The molecule has 1 atom stereocenters. The maximum atomic E-state index is 12.1. The van der Waals surface area contributed by atoms with E-state index < -0.39 is 11.5 Å². The Morgan fingerprint density at radius 2 is 1.79 bits per heavy atom. The van der Waals surface area contributed by atoms with Crippen LogP contribution in [0.25, 0.3) is 0 Å². The summed E-state index contributed by atoms with van der Waals surface area (Å²) in [6, 6.07) is -0.269. The van der Waals surface area contributed by atoms with E-state index in [-0.39, 0.29) is 6.03 Å². The fraction of sp³-hybridized carbons (Fsp3) is 0.846. The van der Waals surface area contributed by atoms with Crippen LogP contribution >= 0.6 is 0 Å². The van der Waals surface area contributed by atoms with Crippen molar-refractivity contribution in [1.82, 2.24) is 15.1 Å². The second-order valence-corrected chi connectivity index (χ2v) is 5.24. The molecule has 0 aliphatic carbocycles. The number of hydrogen-bond acceptors (Lipinski definition) is 3. The first-order valence-corrected chi connectivity index (χ1v) is 6.95. The van der Waals surface area contributed by atoms with Crippen molar-refractivity contribution in [3.8, 4) is 0 Å². The molecule has 6 heteroatoms. The van der Waals surface area contributed by atoms with Crippen LogP contribution in [0.3, 0.4) is 0 Å². The number of carbonyl (C=O) groups excluding carboxylic acids is 1. The van der Waals surface area contributed by atoms with E-state index >= 15 is 0 Å². The number of carboxylic acid groups (broad SMARTS) is 1. The van der Waals surface area contributed by atoms with Crippen molar-refractivity contribution in [3.05, 3.63) is 0 Å². The molecular weight excluding hydrogens is 246 g/mol. The second kappa shape index (κ2) is 6.75. The highest BCUT2D eigenvalue weighted by Crippen LogP contribution is 2.14. The Labute approximate surface area is 114 Å². The van der Waals surface area contributed by atoms with Gasteiger partial charge < -0.3 is 20.2 Å². The van der Waals surface area contributed by atoms with Crippen LogP contribution in [0.4, 0.5) is 4.79 Å². The van der Waals surface area contributed by atoms with E-state index in [1.807, 2.05) is 6.92 Å². The minimum Gasteiger partial charge on any atom is -0.480 e. The van der Waals surface area contributed by atoms with Crippen molar-refractivity contribution in [2.75, 3.05) is 32.7 Å². The lowest BCUT2D eigenvalue weighted by Gasteiger charge is -2.36. The summed E-state index contributed by atoms with van der Waals surface area (Å²) >= 11 is 0. The largest absolute Gasteiger partial charge is 0.480 e. The van der Waals surface area contributed by atoms with Crippen molar-refractivity contribution < 1.29 is 14.7 Å². The predicted octanol–water partition coefficient (Wildman–Crippen LogP) is 0.977. The molecule has 0 saturated carbocycles. The third-order valence-corrected chi connectivity index (χ3v) is 3.71. The number of nitrogens with one attached hydrogen (secondary N) is 1. The van der Waals surface area contributed by atoms with Crippen LogP contribution in [0.15, 0.2) is 0 Å². The van der Waals surface area contributed by atoms with Gasteiger partial charge in [0.05, 0.1) is 0 Å². The van der Waals surface area contributed by atoms with Crippen LogP contribution in [-0.2, 0) is 4.79 Å². The van der Waals surface area contributed by atoms with Gasteiger partial charge in [0.25, 0.3) is 0 Å². The number of piperazine rings is 1. The molecule has 0 aromatic carbocycles. The maximum absolute atomic E-state index is 12.1. The summed E-state index contributed by atoms with van der Waals surface area (Å²) < 4.78 is 0. The lowest BCUT2D eigenvalue weighted by molar-refractivity contribution is -0.144. The fourth-order valence-electron chi connectivity index (χ4n) is 2.31. The number of urea groups is 1. The molecule has 1 aliphatic rings. The average Bonchev–Trinajstić information content (AvgIpc) is 2.38. The minimum atomic E-state index is -1.17. The molecule has 2 amide bonds. The van der Waals surface area contributed by atoms with Crippen LogP contribution in [0.5, 0.6) is 0 Å². The van der Waals surface area contributed by atoms with E-state index in [2.05, 4.69) is 17.1 Å². The van der Waals surface area contributed by atoms with Crippen molar-refractivity contribution >= 4 is 12.0 Å². The van der Waals surface area contributed by atoms with Crippen LogP contribution in [-0.4, -0.2) is 65.2 Å². The second-order valence-electron chi connectivity index (χ2n) is 5.24. The monoisotopic (exact) mass is 271 g/mol. The molecule has 1 fully saturated rings. The fourth-order valence-corrected chi connectivity index (χ4v) is 2.31. The zero-order valence-electron chi connectivity index (χ0n) is 12.1. The zero-order valence-corrected chi connectivity index (χ0v) is 12.1. The highest BCUT2D eigenvalue weighted by Gasteiger charge is 2.35. The molecule has 1 unspecified atom stereocenters. The molecule has 1 rings (SSSR count). The van der Waals surface area contributed by atoms with Crippen molar-refractivity contribution in [3.63, 3.8) is 0 Å². The first-order chi connectivity index (χ1) is 8.92. The third-order valence-electron chi connectivity index (χ3n) is 3.71. The number of carboxylic acids is 1. The number of carbonyl (C=O) groups is 2. The van der Waals surface area contributed by atoms with Crippen LogP contribution in [0, 0.1) is 0 Å². The SMILES string of the molecule is CCCC(C)(NC(=O)N1CCN(CC)CC1)C(=O)O. The number of rotatable bonds is 5. The molecule has 1 heterocycles. The molecule has 0 aromatic rings. The number of nitrogens with zero attached hydrogens (tertiary/aromatic N) is 2. The standard InChI is InChI=1S/C13H25N3O3/c1-4-6-13(3,11(17)18)14-12(19)16-9-7-15(5-2)8-10-16/h4-10H2,1-3H3,(H,14,19)(H,17,18). The lowest BCUT2D eigenvalue weighted by Crippen LogP contribution is -2.59. The van der Waals surface area contributed by atoms with Gasteiger partial charge in [0.15, 0.2) is 0 Å². The molecule has 1 aliphatic heterocycles. The molecular formula is C13H25N3O3. The van der Waals surface area contributed by atoms with E-state index in [0.717, 1.165) is 19.6 Å². The van der Waals surface area contributed by atoms with E-state index in [9.17, 15) is 14.7 Å². The van der Waals surface area contributed by atoms with Gasteiger partial charge in [-0.3, -0.25) is 0 Å². The maximum Gasteiger partial charge on any atom is 0.329 e. The number of aliphatic carboxylic acids is 1. The summed E-state index contributed by atoms with van der Waals surface area (Å²) in [7, 11) is 0. The Kier molecular flexibility index (Phi) is 5.60. The Bertz CT molecular complexity index is 327. The summed E-state index contributed by atoms with van der Waals surface area (Å²) in [6.45, 7) is 9.56. The average molecular weight is 271 g/mol. The van der Waals surface area contributed by atoms with E-state index in [4.69, 9.17) is 0 Å². The molecule has 1 saturated heterocycles. The highest BCUT2D eigenvalue weighted by atomic mass is 16.4. The quantitative estimate of drug-likeness (QED) is 0.781. The van der Waals surface area contributed by atoms with E-state index in [1.165, 1.54) is 0 Å². The zero-order chi connectivity index (χ0) is 14.5. The highest BCUT2D eigenvalue weighted by molar-refractivity contribution is 5.85. The molecule has 19 heavy (non-hydrogen) atoms. The van der Waals surface area contributed by atoms with Crippen LogP contribution in [0.1, 0.15) is 33.6 Å². The first kappa shape index (κ1) is 15.8. The van der Waals surface area contributed by atoms with Crippen molar-refractivity contribution in [2.24, 2.45) is 0 Å². The summed E-state index contributed by atoms with van der Waals surface area (Å²) in [5.41, 5.74) is -1.17. The molecule has 2 N–H and O–H groups in total. The summed E-state index contributed by atoms with van der Waals surface area (Å²) in [5.74, 6) is -0.977. The van der Waals surface area contributed by atoms with Gasteiger partial charge in [0.2, 0.25) is 0 Å². The van der Waals surface area contributed by atoms with Crippen molar-refractivity contribution in [1.29, 1.82) is 0 Å². The minimum absolute atomic E-state index is 0.269. The normalized spacial score (nSPS) is 19.8. The van der Waals surface area contributed by atoms with E-state index in [0.29, 0.717) is 25.9 Å². The van der Waals surface area contributed by atoms with Crippen LogP contribution in [0.2, 0.25) is 0 Å². The topological polar surface area (TPSA) is 72.9 Å². The van der Waals surface area contributed by atoms with Gasteiger partial charge >= 0.3 is 12.0 Å². The van der Waals surface area contributed by atoms with Crippen molar-refractivity contribution in [2.45, 2.75) is 39.2 Å². The van der Waals surface area contributed by atoms with Gasteiger partial charge in [-0.15, -0.1) is 0 Å². The molecule has 0 aromatic heterocycles. The lowest BCUT2D eigenvalue weighted by atomic mass is 9.96. The molecule has 0 bridgehead atoms. The molecule has 110 valence electrons. The van der Waals surface area contributed by atoms with Gasteiger partial charge in [0, 0.05) is 26.2 Å². The van der Waals surface area contributed by atoms with Gasteiger partial charge in [0.1, 0.15) is 5.54 Å². The van der Waals surface area contributed by atoms with Gasteiger partial charge in [-0.2, -0.15) is 0 Å². The Morgan fingerprint density at radius 1 is 1.21 bits per heavy atom. The summed E-state index contributed by atoms with van der Waals surface area (Å²) in [5, 5.41) is 11.9. The van der Waals surface area contributed by atoms with Crippen LogP contribution < -0.4 is 5.32 Å².